The molecule has 13 nitrogen and oxygen atoms in total. The van der Waals surface area contributed by atoms with Crippen LogP contribution in [0, 0.1) is 11.3 Å². The molecule has 4 aliphatic heterocycles. The van der Waals surface area contributed by atoms with Crippen LogP contribution in [0.15, 0.2) is 42.5 Å². The summed E-state index contributed by atoms with van der Waals surface area (Å²) in [6.07, 6.45) is -6.26. The minimum atomic E-state index is -1.67. The highest BCUT2D eigenvalue weighted by Crippen LogP contribution is 2.44. The lowest BCUT2D eigenvalue weighted by Crippen LogP contribution is -2.69. The molecule has 1 aromatic carbocycles. The number of cyclic esters (lactones) is 2. The maximum Gasteiger partial charge on any atom is 0.508 e. The van der Waals surface area contributed by atoms with Gasteiger partial charge in [0.1, 0.15) is 31.7 Å². The van der Waals surface area contributed by atoms with Gasteiger partial charge < -0.3 is 47.9 Å². The van der Waals surface area contributed by atoms with E-state index in [1.54, 1.807) is 37.4 Å². The highest BCUT2D eigenvalue weighted by molar-refractivity contribution is 5.92. The highest BCUT2D eigenvalue weighted by atomic mass is 16.8. The van der Waals surface area contributed by atoms with Gasteiger partial charge in [0, 0.05) is 38.4 Å². The largest absolute Gasteiger partial charge is 0.508 e. The molecule has 0 saturated carbocycles. The van der Waals surface area contributed by atoms with E-state index in [1.807, 2.05) is 27.7 Å². The fraction of sp³-hybridized carbons (Fsp3) is 0.656. The maximum atomic E-state index is 14.2. The minimum Gasteiger partial charge on any atom is -0.443 e. The van der Waals surface area contributed by atoms with E-state index in [4.69, 9.17) is 42.6 Å². The molecular formula is C32H43NO12. The van der Waals surface area contributed by atoms with E-state index in [-0.39, 0.29) is 37.4 Å². The monoisotopic (exact) mass is 633 g/mol. The van der Waals surface area contributed by atoms with Crippen LogP contribution < -0.4 is 5.32 Å². The zero-order valence-corrected chi connectivity index (χ0v) is 26.5. The lowest BCUT2D eigenvalue weighted by Gasteiger charge is -2.54. The molecule has 45 heavy (non-hydrogen) atoms. The van der Waals surface area contributed by atoms with E-state index >= 15 is 0 Å². The Labute approximate surface area is 262 Å². The molecule has 4 saturated heterocycles. The highest BCUT2D eigenvalue weighted by Gasteiger charge is 2.58. The number of carbonyl (C=O) groups excluding carboxylic acids is 3. The number of benzene rings is 1. The lowest BCUT2D eigenvalue weighted by molar-refractivity contribution is -0.332. The first-order valence-corrected chi connectivity index (χ1v) is 15.1. The van der Waals surface area contributed by atoms with Crippen LogP contribution in [0.1, 0.15) is 50.9 Å². The van der Waals surface area contributed by atoms with Gasteiger partial charge in [-0.1, -0.05) is 51.1 Å². The number of amides is 1. The normalized spacial score (nSPS) is 36.7. The molecule has 5 rings (SSSR count). The van der Waals surface area contributed by atoms with Gasteiger partial charge >= 0.3 is 12.1 Å². The molecule has 248 valence electrons. The number of ether oxygens (including phenoxy) is 9. The van der Waals surface area contributed by atoms with Crippen molar-refractivity contribution in [2.45, 2.75) is 95.3 Å². The second-order valence-electron chi connectivity index (χ2n) is 12.6. The molecule has 1 N–H and O–H groups in total. The molecule has 4 fully saturated rings. The molecule has 4 heterocycles. The molecule has 10 atom stereocenters. The summed E-state index contributed by atoms with van der Waals surface area (Å²) < 4.78 is 52.6. The molecule has 0 aromatic heterocycles. The summed E-state index contributed by atoms with van der Waals surface area (Å²) in [6, 6.07) is 8.33. The molecular weight excluding hydrogens is 590 g/mol. The fourth-order valence-corrected chi connectivity index (χ4v) is 6.53. The number of methoxy groups -OCH3 is 2. The Morgan fingerprint density at radius 3 is 2.47 bits per heavy atom. The summed E-state index contributed by atoms with van der Waals surface area (Å²) in [5, 5.41) is 2.87. The Morgan fingerprint density at radius 1 is 1.11 bits per heavy atom. The topological polar surface area (TPSA) is 146 Å². The second-order valence-corrected chi connectivity index (χ2v) is 12.6. The predicted octanol–water partition coefficient (Wildman–Crippen LogP) is 3.11. The van der Waals surface area contributed by atoms with Gasteiger partial charge in [0.2, 0.25) is 11.9 Å². The van der Waals surface area contributed by atoms with Crippen molar-refractivity contribution in [3.63, 3.8) is 0 Å². The van der Waals surface area contributed by atoms with Gasteiger partial charge in [0.05, 0.1) is 23.9 Å². The van der Waals surface area contributed by atoms with Crippen LogP contribution in [0.4, 0.5) is 4.79 Å². The molecule has 0 bridgehead atoms. The van der Waals surface area contributed by atoms with Crippen molar-refractivity contribution in [3.8, 4) is 0 Å². The third-order valence-corrected chi connectivity index (χ3v) is 9.40. The van der Waals surface area contributed by atoms with E-state index in [9.17, 15) is 14.4 Å². The first-order chi connectivity index (χ1) is 21.4. The van der Waals surface area contributed by atoms with Crippen LogP contribution in [0.5, 0.6) is 0 Å². The first kappa shape index (κ1) is 33.3. The van der Waals surface area contributed by atoms with Gasteiger partial charge in [0.15, 0.2) is 6.23 Å². The smallest absolute Gasteiger partial charge is 0.443 e. The Kier molecular flexibility index (Phi) is 9.87. The molecule has 4 aliphatic rings. The third-order valence-electron chi connectivity index (χ3n) is 9.40. The molecule has 1 aromatic rings. The summed E-state index contributed by atoms with van der Waals surface area (Å²) >= 11 is 0. The average Bonchev–Trinajstić information content (AvgIpc) is 3.43. The summed E-state index contributed by atoms with van der Waals surface area (Å²) in [5.41, 5.74) is 0.445. The SMILES string of the molecule is C=C1C[C@](OC)([C@H](OC(=O)c2ccccc2)C(=O)N[C@@H]2OCO[C@H]3[C@@H]2O[C@H](C[C@H]2COC(=O)O2)C(C)(C)[C@@H]3OC)O[C@H](C)[C@@H]1C. The molecule has 0 spiro atoms. The Hall–Kier alpha value is -3.07. The van der Waals surface area contributed by atoms with Gasteiger partial charge in [-0.25, -0.2) is 9.59 Å². The summed E-state index contributed by atoms with van der Waals surface area (Å²) in [4.78, 5) is 39.1. The quantitative estimate of drug-likeness (QED) is 0.315. The Balaban J connectivity index is 1.42. The number of hydrogen-bond donors (Lipinski definition) is 1. The van der Waals surface area contributed by atoms with Gasteiger partial charge in [0.25, 0.3) is 5.91 Å². The van der Waals surface area contributed by atoms with Crippen molar-refractivity contribution in [1.82, 2.24) is 5.32 Å². The summed E-state index contributed by atoms with van der Waals surface area (Å²) in [6.45, 7) is 11.9. The second kappa shape index (κ2) is 13.3. The molecule has 0 unspecified atom stereocenters. The fourth-order valence-electron chi connectivity index (χ4n) is 6.53. The predicted molar refractivity (Wildman–Crippen MR) is 156 cm³/mol. The van der Waals surface area contributed by atoms with Crippen molar-refractivity contribution in [2.24, 2.45) is 11.3 Å². The number of nitrogens with one attached hydrogen (secondary N) is 1. The minimum absolute atomic E-state index is 0.0205. The van der Waals surface area contributed by atoms with E-state index in [2.05, 4.69) is 11.9 Å². The van der Waals surface area contributed by atoms with Crippen molar-refractivity contribution in [1.29, 1.82) is 0 Å². The van der Waals surface area contributed by atoms with Crippen LogP contribution in [-0.2, 0) is 47.4 Å². The molecule has 0 aliphatic carbocycles. The number of esters is 1. The Bertz CT molecular complexity index is 1260. The van der Waals surface area contributed by atoms with E-state index in [0.29, 0.717) is 6.42 Å². The van der Waals surface area contributed by atoms with Crippen LogP contribution in [0.25, 0.3) is 0 Å². The van der Waals surface area contributed by atoms with Crippen molar-refractivity contribution >= 4 is 18.0 Å². The van der Waals surface area contributed by atoms with Crippen LogP contribution in [0.3, 0.4) is 0 Å². The number of fused-ring (bicyclic) bond motifs is 1. The Morgan fingerprint density at radius 2 is 1.84 bits per heavy atom. The van der Waals surface area contributed by atoms with E-state index < -0.39 is 72.1 Å². The van der Waals surface area contributed by atoms with Gasteiger partial charge in [-0.2, -0.15) is 0 Å². The van der Waals surface area contributed by atoms with Crippen LogP contribution in [0.2, 0.25) is 0 Å². The summed E-state index contributed by atoms with van der Waals surface area (Å²) in [7, 11) is 2.97. The number of rotatable bonds is 9. The zero-order valence-electron chi connectivity index (χ0n) is 26.5. The van der Waals surface area contributed by atoms with Gasteiger partial charge in [-0.3, -0.25) is 4.79 Å². The maximum absolute atomic E-state index is 14.2. The average molecular weight is 634 g/mol. The number of hydrogen-bond acceptors (Lipinski definition) is 12. The van der Waals surface area contributed by atoms with Crippen molar-refractivity contribution in [2.75, 3.05) is 27.6 Å². The van der Waals surface area contributed by atoms with Crippen molar-refractivity contribution in [3.05, 3.63) is 48.0 Å². The third kappa shape index (κ3) is 6.60. The van der Waals surface area contributed by atoms with Crippen molar-refractivity contribution < 1.29 is 57.0 Å². The zero-order chi connectivity index (χ0) is 32.5. The standard InChI is InChI=1S/C32H43NO12/c1-17-14-32(38-7,45-19(3)18(17)2)26(44-29(35)20-11-9-8-10-12-20)27(34)33-28-24-23(40-16-41-28)25(37-6)31(4,5)22(43-24)13-21-15-39-30(36)42-21/h8-12,18-19,21-26,28H,1,13-16H2,2-7H3,(H,33,34)/t18-,19-,21+,22-,23+,24+,25-,26-,28-,32-/m1/s1. The van der Waals surface area contributed by atoms with Gasteiger partial charge in [-0.05, 0) is 19.1 Å². The lowest BCUT2D eigenvalue weighted by atomic mass is 9.72. The van der Waals surface area contributed by atoms with Gasteiger partial charge in [-0.15, -0.1) is 0 Å². The molecule has 13 heteroatoms. The number of carbonyl (C=O) groups is 3. The van der Waals surface area contributed by atoms with E-state index in [0.717, 1.165) is 5.57 Å². The first-order valence-electron chi connectivity index (χ1n) is 15.1. The summed E-state index contributed by atoms with van der Waals surface area (Å²) in [5.74, 6) is -3.14. The van der Waals surface area contributed by atoms with Crippen LogP contribution >= 0.6 is 0 Å². The molecule has 0 radical (unpaired) electrons. The molecule has 1 amide bonds. The van der Waals surface area contributed by atoms with E-state index in [1.165, 1.54) is 7.11 Å². The van der Waals surface area contributed by atoms with Crippen LogP contribution in [-0.4, -0.2) is 100 Å².